The lowest BCUT2D eigenvalue weighted by Gasteiger charge is -2.01. The molecule has 6 heteroatoms. The number of carbonyl (C=O) groups is 1. The van der Waals surface area contributed by atoms with Crippen LogP contribution in [0.3, 0.4) is 0 Å². The van der Waals surface area contributed by atoms with Crippen LogP contribution < -0.4 is 10.9 Å². The van der Waals surface area contributed by atoms with Gasteiger partial charge in [0.15, 0.2) is 0 Å². The maximum absolute atomic E-state index is 11.5. The molecule has 3 N–H and O–H groups in total. The number of H-pyrrole nitrogens is 2. The van der Waals surface area contributed by atoms with Crippen molar-refractivity contribution in [2.45, 2.75) is 6.54 Å². The standard InChI is InChI=1S/C10H10N4O2/c15-9-2-1-8(13-14-9)10(16)12-6-7-3-4-11-5-7/h1-5,11H,6H2,(H,12,16)(H,14,15). The summed E-state index contributed by atoms with van der Waals surface area (Å²) in [6.07, 6.45) is 3.57. The van der Waals surface area contributed by atoms with Gasteiger partial charge in [-0.2, -0.15) is 5.10 Å². The van der Waals surface area contributed by atoms with Crippen LogP contribution in [0.2, 0.25) is 0 Å². The van der Waals surface area contributed by atoms with Gasteiger partial charge in [-0.3, -0.25) is 9.59 Å². The number of aromatic nitrogens is 3. The van der Waals surface area contributed by atoms with Crippen molar-refractivity contribution in [3.63, 3.8) is 0 Å². The van der Waals surface area contributed by atoms with Crippen molar-refractivity contribution in [3.05, 3.63) is 52.2 Å². The summed E-state index contributed by atoms with van der Waals surface area (Å²) in [4.78, 5) is 25.2. The van der Waals surface area contributed by atoms with Crippen LogP contribution >= 0.6 is 0 Å². The third-order valence-electron chi connectivity index (χ3n) is 2.03. The summed E-state index contributed by atoms with van der Waals surface area (Å²) in [6.45, 7) is 0.420. The maximum Gasteiger partial charge on any atom is 0.271 e. The largest absolute Gasteiger partial charge is 0.367 e. The first-order valence-corrected chi connectivity index (χ1v) is 4.71. The number of nitrogens with one attached hydrogen (secondary N) is 3. The smallest absolute Gasteiger partial charge is 0.271 e. The highest BCUT2D eigenvalue weighted by molar-refractivity contribution is 5.91. The van der Waals surface area contributed by atoms with E-state index in [1.165, 1.54) is 12.1 Å². The second-order valence-electron chi connectivity index (χ2n) is 3.21. The van der Waals surface area contributed by atoms with Crippen molar-refractivity contribution in [1.82, 2.24) is 20.5 Å². The van der Waals surface area contributed by atoms with Crippen molar-refractivity contribution in [3.8, 4) is 0 Å². The highest BCUT2D eigenvalue weighted by Crippen LogP contribution is 1.96. The van der Waals surface area contributed by atoms with Gasteiger partial charge in [-0.25, -0.2) is 5.10 Å². The Morgan fingerprint density at radius 3 is 2.88 bits per heavy atom. The molecular weight excluding hydrogens is 208 g/mol. The Labute approximate surface area is 90.7 Å². The zero-order valence-electron chi connectivity index (χ0n) is 8.36. The lowest BCUT2D eigenvalue weighted by Crippen LogP contribution is -2.25. The van der Waals surface area contributed by atoms with Gasteiger partial charge >= 0.3 is 0 Å². The van der Waals surface area contributed by atoms with Gasteiger partial charge in [-0.1, -0.05) is 0 Å². The first-order chi connectivity index (χ1) is 7.75. The molecule has 2 aromatic heterocycles. The van der Waals surface area contributed by atoms with Crippen LogP contribution in [0.5, 0.6) is 0 Å². The minimum atomic E-state index is -0.331. The van der Waals surface area contributed by atoms with Crippen LogP contribution in [0.25, 0.3) is 0 Å². The Bertz CT molecular complexity index is 510. The highest BCUT2D eigenvalue weighted by Gasteiger charge is 2.06. The third kappa shape index (κ3) is 2.35. The molecule has 0 saturated heterocycles. The zero-order valence-corrected chi connectivity index (χ0v) is 8.36. The summed E-state index contributed by atoms with van der Waals surface area (Å²) in [7, 11) is 0. The Balaban J connectivity index is 1.98. The molecule has 0 aliphatic rings. The molecule has 2 heterocycles. The lowest BCUT2D eigenvalue weighted by atomic mass is 10.3. The molecule has 0 aliphatic heterocycles. The summed E-state index contributed by atoms with van der Waals surface area (Å²) in [5.41, 5.74) is 0.829. The normalized spacial score (nSPS) is 10.0. The molecule has 2 aromatic rings. The highest BCUT2D eigenvalue weighted by atomic mass is 16.2. The van der Waals surface area contributed by atoms with Crippen LogP contribution in [-0.2, 0) is 6.54 Å². The number of hydrogen-bond acceptors (Lipinski definition) is 3. The third-order valence-corrected chi connectivity index (χ3v) is 2.03. The minimum Gasteiger partial charge on any atom is -0.367 e. The first-order valence-electron chi connectivity index (χ1n) is 4.71. The van der Waals surface area contributed by atoms with Gasteiger partial charge < -0.3 is 10.3 Å². The van der Waals surface area contributed by atoms with Gasteiger partial charge in [0, 0.05) is 25.0 Å². The van der Waals surface area contributed by atoms with Gasteiger partial charge in [-0.05, 0) is 17.7 Å². The fourth-order valence-electron chi connectivity index (χ4n) is 1.21. The monoisotopic (exact) mass is 218 g/mol. The van der Waals surface area contributed by atoms with Crippen LogP contribution in [-0.4, -0.2) is 21.1 Å². The van der Waals surface area contributed by atoms with Gasteiger partial charge in [0.05, 0.1) is 0 Å². The molecule has 6 nitrogen and oxygen atoms in total. The topological polar surface area (TPSA) is 90.6 Å². The van der Waals surface area contributed by atoms with Gasteiger partial charge in [0.25, 0.3) is 11.5 Å². The van der Waals surface area contributed by atoms with Crippen LogP contribution in [0.15, 0.2) is 35.4 Å². The second kappa shape index (κ2) is 4.43. The molecule has 0 fully saturated rings. The van der Waals surface area contributed by atoms with E-state index >= 15 is 0 Å². The molecule has 16 heavy (non-hydrogen) atoms. The Morgan fingerprint density at radius 2 is 2.25 bits per heavy atom. The van der Waals surface area contributed by atoms with Gasteiger partial charge in [0.2, 0.25) is 0 Å². The van der Waals surface area contributed by atoms with Gasteiger partial charge in [0.1, 0.15) is 5.69 Å². The van der Waals surface area contributed by atoms with Crippen LogP contribution in [0.1, 0.15) is 16.1 Å². The average molecular weight is 218 g/mol. The fraction of sp³-hybridized carbons (Fsp3) is 0.100. The number of hydrogen-bond donors (Lipinski definition) is 3. The minimum absolute atomic E-state index is 0.190. The van der Waals surface area contributed by atoms with E-state index in [2.05, 4.69) is 20.5 Å². The summed E-state index contributed by atoms with van der Waals surface area (Å²) >= 11 is 0. The number of carbonyl (C=O) groups excluding carboxylic acids is 1. The average Bonchev–Trinajstić information content (AvgIpc) is 2.80. The molecule has 0 radical (unpaired) electrons. The number of amides is 1. The van der Waals surface area contributed by atoms with Crippen molar-refractivity contribution < 1.29 is 4.79 Å². The molecule has 82 valence electrons. The lowest BCUT2D eigenvalue weighted by molar-refractivity contribution is 0.0945. The molecule has 1 amide bonds. The van der Waals surface area contributed by atoms with Crippen molar-refractivity contribution in [1.29, 1.82) is 0 Å². The maximum atomic E-state index is 11.5. The summed E-state index contributed by atoms with van der Waals surface area (Å²) < 4.78 is 0. The summed E-state index contributed by atoms with van der Waals surface area (Å²) in [5, 5.41) is 8.50. The van der Waals surface area contributed by atoms with Crippen molar-refractivity contribution in [2.75, 3.05) is 0 Å². The quantitative estimate of drug-likeness (QED) is 0.678. The zero-order chi connectivity index (χ0) is 11.4. The van der Waals surface area contributed by atoms with Crippen molar-refractivity contribution >= 4 is 5.91 Å². The molecule has 0 spiro atoms. The van der Waals surface area contributed by atoms with Crippen LogP contribution in [0, 0.1) is 0 Å². The van der Waals surface area contributed by atoms with E-state index in [9.17, 15) is 9.59 Å². The van der Waals surface area contributed by atoms with E-state index in [1.807, 2.05) is 6.07 Å². The van der Waals surface area contributed by atoms with E-state index in [1.54, 1.807) is 12.4 Å². The molecule has 0 aliphatic carbocycles. The molecule has 0 saturated carbocycles. The van der Waals surface area contributed by atoms with E-state index in [0.29, 0.717) is 6.54 Å². The SMILES string of the molecule is O=C(NCc1cc[nH]c1)c1ccc(=O)[nH]n1. The van der Waals surface area contributed by atoms with Gasteiger partial charge in [-0.15, -0.1) is 0 Å². The predicted octanol–water partition coefficient (Wildman–Crippen LogP) is 0.0280. The Hall–Kier alpha value is -2.37. The van der Waals surface area contributed by atoms with E-state index in [4.69, 9.17) is 0 Å². The van der Waals surface area contributed by atoms with Crippen LogP contribution in [0.4, 0.5) is 0 Å². The van der Waals surface area contributed by atoms with E-state index in [-0.39, 0.29) is 17.2 Å². The summed E-state index contributed by atoms with van der Waals surface area (Å²) in [6, 6.07) is 4.50. The van der Waals surface area contributed by atoms with E-state index < -0.39 is 0 Å². The van der Waals surface area contributed by atoms with Crippen molar-refractivity contribution in [2.24, 2.45) is 0 Å². The first kappa shape index (κ1) is 10.2. The molecule has 0 unspecified atom stereocenters. The summed E-state index contributed by atoms with van der Waals surface area (Å²) in [5.74, 6) is -0.322. The number of nitrogens with zero attached hydrogens (tertiary/aromatic N) is 1. The second-order valence-corrected chi connectivity index (χ2v) is 3.21. The molecule has 0 atom stereocenters. The van der Waals surface area contributed by atoms with E-state index in [0.717, 1.165) is 5.56 Å². The fourth-order valence-corrected chi connectivity index (χ4v) is 1.21. The molecular formula is C10H10N4O2. The number of rotatable bonds is 3. The molecule has 0 aromatic carbocycles. The predicted molar refractivity (Wildman–Crippen MR) is 56.8 cm³/mol. The Kier molecular flexibility index (Phi) is 2.81. The number of aromatic amines is 2. The molecule has 0 bridgehead atoms. The molecule has 2 rings (SSSR count). The Morgan fingerprint density at radius 1 is 1.38 bits per heavy atom.